The van der Waals surface area contributed by atoms with Gasteiger partial charge in [-0.05, 0) is 36.8 Å². The van der Waals surface area contributed by atoms with Crippen molar-refractivity contribution in [3.8, 4) is 17.0 Å². The van der Waals surface area contributed by atoms with Crippen LogP contribution in [0.4, 0.5) is 16.0 Å². The summed E-state index contributed by atoms with van der Waals surface area (Å²) in [5.41, 5.74) is 1.82. The van der Waals surface area contributed by atoms with E-state index in [-0.39, 0.29) is 24.1 Å². The molecule has 0 radical (unpaired) electrons. The molecule has 2 aromatic heterocycles. The number of halogens is 1. The fourth-order valence-corrected chi connectivity index (χ4v) is 5.33. The van der Waals surface area contributed by atoms with Gasteiger partial charge < -0.3 is 14.8 Å². The van der Waals surface area contributed by atoms with Crippen LogP contribution in [0.15, 0.2) is 48.7 Å². The Kier molecular flexibility index (Phi) is 5.58. The number of amides is 1. The third kappa shape index (κ3) is 3.90. The Morgan fingerprint density at radius 2 is 2.09 bits per heavy atom. The summed E-state index contributed by atoms with van der Waals surface area (Å²) in [4.78, 5) is 26.6. The highest BCUT2D eigenvalue weighted by molar-refractivity contribution is 6.10. The molecule has 1 amide bonds. The molecule has 0 bridgehead atoms. The van der Waals surface area contributed by atoms with Gasteiger partial charge in [0.1, 0.15) is 23.2 Å². The summed E-state index contributed by atoms with van der Waals surface area (Å²) < 4.78 is 25.8. The Balaban J connectivity index is 1.27. The van der Waals surface area contributed by atoms with Gasteiger partial charge in [-0.2, -0.15) is 0 Å². The SMILES string of the molecule is COc1cccc(F)c1-c1nccc2c1CN(c1cccc(N[C@@H]3C[C@H]4COCCN4C3)n1)C2=O. The lowest BCUT2D eigenvalue weighted by molar-refractivity contribution is 0.0128. The number of benzene rings is 1. The number of rotatable bonds is 5. The van der Waals surface area contributed by atoms with Crippen molar-refractivity contribution in [1.29, 1.82) is 0 Å². The zero-order chi connectivity index (χ0) is 23.9. The van der Waals surface area contributed by atoms with Crippen LogP contribution in [0.2, 0.25) is 0 Å². The molecule has 8 nitrogen and oxygen atoms in total. The normalized spacial score (nSPS) is 21.7. The number of carbonyl (C=O) groups is 1. The quantitative estimate of drug-likeness (QED) is 0.606. The van der Waals surface area contributed by atoms with E-state index < -0.39 is 5.82 Å². The van der Waals surface area contributed by atoms with Crippen molar-refractivity contribution >= 4 is 17.5 Å². The first-order valence-corrected chi connectivity index (χ1v) is 11.8. The Morgan fingerprint density at radius 1 is 1.20 bits per heavy atom. The van der Waals surface area contributed by atoms with Crippen molar-refractivity contribution in [3.05, 3.63) is 65.6 Å². The minimum absolute atomic E-state index is 0.182. The standard InChI is InChI=1S/C26H26FN5O3/c1-34-21-5-2-4-20(27)24(21)25-19-14-32(26(33)18(19)8-9-28-25)23-7-3-6-22(30-23)29-16-12-17-15-35-11-10-31(17)13-16/h2-9,16-17H,10-15H2,1H3,(H,29,30)/t16-,17+/m1/s1. The second-order valence-corrected chi connectivity index (χ2v) is 9.08. The van der Waals surface area contributed by atoms with Crippen LogP contribution in [0.1, 0.15) is 22.3 Å². The smallest absolute Gasteiger partial charge is 0.260 e. The van der Waals surface area contributed by atoms with E-state index in [1.54, 1.807) is 23.1 Å². The minimum Gasteiger partial charge on any atom is -0.496 e. The number of nitrogens with zero attached hydrogens (tertiary/aromatic N) is 4. The molecule has 35 heavy (non-hydrogen) atoms. The highest BCUT2D eigenvalue weighted by atomic mass is 19.1. The first-order chi connectivity index (χ1) is 17.1. The van der Waals surface area contributed by atoms with E-state index in [1.807, 2.05) is 18.2 Å². The predicted octanol–water partition coefficient (Wildman–Crippen LogP) is 3.34. The number of fused-ring (bicyclic) bond motifs is 2. The first kappa shape index (κ1) is 21.9. The molecule has 9 heteroatoms. The number of morpholine rings is 1. The summed E-state index contributed by atoms with van der Waals surface area (Å²) in [5, 5.41) is 3.53. The number of aromatic nitrogens is 2. The van der Waals surface area contributed by atoms with E-state index in [2.05, 4.69) is 15.2 Å². The number of ether oxygens (including phenoxy) is 2. The van der Waals surface area contributed by atoms with E-state index in [0.29, 0.717) is 34.4 Å². The molecule has 0 spiro atoms. The van der Waals surface area contributed by atoms with Gasteiger partial charge in [0.15, 0.2) is 0 Å². The van der Waals surface area contributed by atoms with Crippen LogP contribution in [0.25, 0.3) is 11.3 Å². The molecule has 3 aliphatic rings. The van der Waals surface area contributed by atoms with Crippen molar-refractivity contribution in [1.82, 2.24) is 14.9 Å². The van der Waals surface area contributed by atoms with Gasteiger partial charge in [-0.15, -0.1) is 0 Å². The molecule has 180 valence electrons. The zero-order valence-corrected chi connectivity index (χ0v) is 19.4. The fraction of sp³-hybridized carbons (Fsp3) is 0.346. The van der Waals surface area contributed by atoms with E-state index >= 15 is 0 Å². The van der Waals surface area contributed by atoms with Crippen molar-refractivity contribution in [3.63, 3.8) is 0 Å². The molecule has 0 aliphatic carbocycles. The molecule has 1 N–H and O–H groups in total. The fourth-order valence-electron chi connectivity index (χ4n) is 5.33. The average molecular weight is 476 g/mol. The maximum Gasteiger partial charge on any atom is 0.260 e. The Bertz CT molecular complexity index is 1270. The van der Waals surface area contributed by atoms with Crippen molar-refractivity contribution in [2.24, 2.45) is 0 Å². The van der Waals surface area contributed by atoms with E-state index in [4.69, 9.17) is 14.5 Å². The summed E-state index contributed by atoms with van der Waals surface area (Å²) in [5.74, 6) is 1.02. The number of nitrogens with one attached hydrogen (secondary N) is 1. The molecule has 0 saturated carbocycles. The monoisotopic (exact) mass is 475 g/mol. The van der Waals surface area contributed by atoms with Crippen molar-refractivity contribution in [2.45, 2.75) is 25.0 Å². The van der Waals surface area contributed by atoms with E-state index in [0.717, 1.165) is 38.5 Å². The average Bonchev–Trinajstić information content (AvgIpc) is 3.44. The van der Waals surface area contributed by atoms with Crippen LogP contribution in [0.5, 0.6) is 5.75 Å². The topological polar surface area (TPSA) is 79.8 Å². The number of hydrogen-bond donors (Lipinski definition) is 1. The lowest BCUT2D eigenvalue weighted by atomic mass is 10.0. The molecule has 0 unspecified atom stereocenters. The molecular formula is C26H26FN5O3. The zero-order valence-electron chi connectivity index (χ0n) is 19.4. The third-order valence-corrected chi connectivity index (χ3v) is 7.00. The number of methoxy groups -OCH3 is 1. The first-order valence-electron chi connectivity index (χ1n) is 11.8. The van der Waals surface area contributed by atoms with Gasteiger partial charge in [-0.1, -0.05) is 12.1 Å². The summed E-state index contributed by atoms with van der Waals surface area (Å²) in [6, 6.07) is 12.7. The van der Waals surface area contributed by atoms with Crippen LogP contribution >= 0.6 is 0 Å². The van der Waals surface area contributed by atoms with Crippen LogP contribution in [-0.4, -0.2) is 66.3 Å². The Hall–Kier alpha value is -3.56. The minimum atomic E-state index is -0.446. The number of carbonyl (C=O) groups excluding carboxylic acids is 1. The number of anilines is 2. The number of hydrogen-bond acceptors (Lipinski definition) is 7. The maximum atomic E-state index is 14.8. The van der Waals surface area contributed by atoms with E-state index in [1.165, 1.54) is 19.4 Å². The Labute approximate surface area is 202 Å². The summed E-state index contributed by atoms with van der Waals surface area (Å²) in [6.45, 7) is 3.72. The number of pyridine rings is 2. The highest BCUT2D eigenvalue weighted by Crippen LogP contribution is 2.38. The van der Waals surface area contributed by atoms with Gasteiger partial charge in [0, 0.05) is 42.5 Å². The van der Waals surface area contributed by atoms with E-state index in [9.17, 15) is 9.18 Å². The van der Waals surface area contributed by atoms with Crippen molar-refractivity contribution in [2.75, 3.05) is 43.6 Å². The van der Waals surface area contributed by atoms with Gasteiger partial charge in [0.25, 0.3) is 5.91 Å². The van der Waals surface area contributed by atoms with Gasteiger partial charge >= 0.3 is 0 Å². The summed E-state index contributed by atoms with van der Waals surface area (Å²) in [6.07, 6.45) is 2.53. The molecule has 2 atom stereocenters. The molecule has 5 heterocycles. The lowest BCUT2D eigenvalue weighted by Crippen LogP contribution is -2.40. The maximum absolute atomic E-state index is 14.8. The second-order valence-electron chi connectivity index (χ2n) is 9.08. The van der Waals surface area contributed by atoms with Crippen LogP contribution < -0.4 is 15.0 Å². The second kappa shape index (κ2) is 8.90. The van der Waals surface area contributed by atoms with Gasteiger partial charge in [0.2, 0.25) is 0 Å². The van der Waals surface area contributed by atoms with Gasteiger partial charge in [0.05, 0.1) is 38.1 Å². The van der Waals surface area contributed by atoms with Crippen molar-refractivity contribution < 1.29 is 18.7 Å². The molecule has 2 fully saturated rings. The molecule has 3 aromatic rings. The molecule has 1 aromatic carbocycles. The van der Waals surface area contributed by atoms with Gasteiger partial charge in [-0.3, -0.25) is 19.6 Å². The molecule has 3 aliphatic heterocycles. The largest absolute Gasteiger partial charge is 0.496 e. The van der Waals surface area contributed by atoms with Crippen LogP contribution in [-0.2, 0) is 11.3 Å². The molecule has 6 rings (SSSR count). The Morgan fingerprint density at radius 3 is 2.94 bits per heavy atom. The lowest BCUT2D eigenvalue weighted by Gasteiger charge is -2.28. The third-order valence-electron chi connectivity index (χ3n) is 7.00. The molecule has 2 saturated heterocycles. The molecular weight excluding hydrogens is 449 g/mol. The predicted molar refractivity (Wildman–Crippen MR) is 129 cm³/mol. The van der Waals surface area contributed by atoms with Crippen LogP contribution in [0.3, 0.4) is 0 Å². The summed E-state index contributed by atoms with van der Waals surface area (Å²) in [7, 11) is 1.49. The highest BCUT2D eigenvalue weighted by Gasteiger charge is 2.35. The summed E-state index contributed by atoms with van der Waals surface area (Å²) >= 11 is 0. The van der Waals surface area contributed by atoms with Crippen LogP contribution in [0, 0.1) is 5.82 Å². The van der Waals surface area contributed by atoms with Gasteiger partial charge in [-0.25, -0.2) is 9.37 Å².